The van der Waals surface area contributed by atoms with Crippen molar-refractivity contribution in [3.05, 3.63) is 51.3 Å². The average Bonchev–Trinajstić information content (AvgIpc) is 2.74. The van der Waals surface area contributed by atoms with E-state index < -0.39 is 11.4 Å². The zero-order chi connectivity index (χ0) is 14.1. The van der Waals surface area contributed by atoms with Gasteiger partial charge in [-0.2, -0.15) is 4.52 Å². The molecule has 0 aliphatic heterocycles. The summed E-state index contributed by atoms with van der Waals surface area (Å²) >= 11 is 0. The van der Waals surface area contributed by atoms with Crippen molar-refractivity contribution in [1.82, 2.24) is 19.6 Å². The molecule has 2 aromatic heterocycles. The first-order valence-corrected chi connectivity index (χ1v) is 5.73. The van der Waals surface area contributed by atoms with Crippen molar-refractivity contribution >= 4 is 22.8 Å². The number of benzene rings is 1. The molecule has 1 aromatic carbocycles. The fraction of sp³-hybridized carbons (Fsp3) is 0. The molecule has 3 aromatic rings. The Labute approximate surface area is 111 Å². The number of aromatic nitrogens is 4. The number of para-hydroxylation sites is 1. The van der Waals surface area contributed by atoms with Crippen LogP contribution in [-0.2, 0) is 0 Å². The topological polar surface area (TPSA) is 133 Å². The number of anilines is 3. The molecule has 2 heterocycles. The number of nitrogens with two attached hydrogens (primary N) is 1. The van der Waals surface area contributed by atoms with Crippen LogP contribution in [0.1, 0.15) is 0 Å². The lowest BCUT2D eigenvalue weighted by Gasteiger charge is -2.08. The molecule has 0 spiro atoms. The molecule has 9 heteroatoms. The molecule has 0 unspecified atom stereocenters. The van der Waals surface area contributed by atoms with Gasteiger partial charge in [-0.05, 0) is 12.1 Å². The van der Waals surface area contributed by atoms with Gasteiger partial charge in [0.25, 0.3) is 0 Å². The van der Waals surface area contributed by atoms with Gasteiger partial charge in [0.15, 0.2) is 11.5 Å². The number of hydrazine groups is 1. The lowest BCUT2D eigenvalue weighted by Crippen LogP contribution is -2.28. The first-order chi connectivity index (χ1) is 9.65. The smallest absolute Gasteiger partial charge is 0.352 e. The van der Waals surface area contributed by atoms with Crippen molar-refractivity contribution in [2.45, 2.75) is 0 Å². The quantitative estimate of drug-likeness (QED) is 0.417. The van der Waals surface area contributed by atoms with Gasteiger partial charge in [0, 0.05) is 0 Å². The first-order valence-electron chi connectivity index (χ1n) is 5.73. The SMILES string of the molecule is Nc1nn2c(=O)[nH]c(=O)[nH]c2c1NNc1ccccc1. The lowest BCUT2D eigenvalue weighted by molar-refractivity contribution is 0.824. The van der Waals surface area contributed by atoms with E-state index in [1.54, 1.807) is 0 Å². The molecule has 0 amide bonds. The minimum absolute atomic E-state index is 0.0841. The van der Waals surface area contributed by atoms with Gasteiger partial charge in [-0.15, -0.1) is 5.10 Å². The Morgan fingerprint density at radius 1 is 1.10 bits per heavy atom. The number of aromatic amines is 2. The van der Waals surface area contributed by atoms with Crippen LogP contribution >= 0.6 is 0 Å². The second-order valence-electron chi connectivity index (χ2n) is 4.02. The van der Waals surface area contributed by atoms with E-state index in [-0.39, 0.29) is 11.5 Å². The molecule has 0 fully saturated rings. The van der Waals surface area contributed by atoms with Crippen LogP contribution in [0.5, 0.6) is 0 Å². The fourth-order valence-electron chi connectivity index (χ4n) is 1.77. The summed E-state index contributed by atoms with van der Waals surface area (Å²) in [6.45, 7) is 0. The number of hydrogen-bond acceptors (Lipinski definition) is 6. The van der Waals surface area contributed by atoms with Crippen LogP contribution in [0, 0.1) is 0 Å². The van der Waals surface area contributed by atoms with E-state index in [2.05, 4.69) is 25.9 Å². The van der Waals surface area contributed by atoms with Crippen LogP contribution in [-0.4, -0.2) is 19.6 Å². The van der Waals surface area contributed by atoms with Crippen molar-refractivity contribution in [2.75, 3.05) is 16.6 Å². The van der Waals surface area contributed by atoms with Gasteiger partial charge in [-0.3, -0.25) is 15.4 Å². The predicted molar refractivity (Wildman–Crippen MR) is 74.5 cm³/mol. The van der Waals surface area contributed by atoms with Crippen LogP contribution in [0.25, 0.3) is 5.65 Å². The third kappa shape index (κ3) is 1.96. The normalized spacial score (nSPS) is 10.6. The molecule has 20 heavy (non-hydrogen) atoms. The number of fused-ring (bicyclic) bond motifs is 1. The summed E-state index contributed by atoms with van der Waals surface area (Å²) in [5, 5.41) is 3.84. The van der Waals surface area contributed by atoms with E-state index in [0.29, 0.717) is 5.69 Å². The second kappa shape index (κ2) is 4.46. The van der Waals surface area contributed by atoms with Crippen LogP contribution in [0.15, 0.2) is 39.9 Å². The number of nitrogens with one attached hydrogen (secondary N) is 4. The molecular weight excluding hydrogens is 262 g/mol. The number of nitrogen functional groups attached to an aromatic ring is 1. The summed E-state index contributed by atoms with van der Waals surface area (Å²) in [5.74, 6) is 0.0841. The Kier molecular flexibility index (Phi) is 2.64. The van der Waals surface area contributed by atoms with Crippen LogP contribution in [0.2, 0.25) is 0 Å². The van der Waals surface area contributed by atoms with Gasteiger partial charge >= 0.3 is 11.4 Å². The highest BCUT2D eigenvalue weighted by atomic mass is 16.2. The fourth-order valence-corrected chi connectivity index (χ4v) is 1.77. The Balaban J connectivity index is 2.01. The molecule has 102 valence electrons. The van der Waals surface area contributed by atoms with Crippen LogP contribution < -0.4 is 28.0 Å². The molecule has 0 radical (unpaired) electrons. The number of nitrogens with zero attached hydrogens (tertiary/aromatic N) is 2. The van der Waals surface area contributed by atoms with E-state index in [4.69, 9.17) is 5.73 Å². The molecule has 0 atom stereocenters. The van der Waals surface area contributed by atoms with Gasteiger partial charge in [0.1, 0.15) is 5.69 Å². The standard InChI is InChI=1S/C11H11N7O2/c12-8-7(16-15-6-4-2-1-3-5-6)9-13-10(19)14-11(20)18(9)17-8/h1-5,15-16H,(H2,12,17)(H2,13,14,19,20). The summed E-state index contributed by atoms with van der Waals surface area (Å²) in [5.41, 5.74) is 11.4. The maximum Gasteiger partial charge on any atom is 0.352 e. The van der Waals surface area contributed by atoms with E-state index in [1.165, 1.54) is 0 Å². The van der Waals surface area contributed by atoms with E-state index in [0.717, 1.165) is 10.2 Å². The molecule has 9 nitrogen and oxygen atoms in total. The Bertz CT molecular complexity index is 862. The van der Waals surface area contributed by atoms with Crippen LogP contribution in [0.4, 0.5) is 17.2 Å². The third-order valence-corrected chi connectivity index (χ3v) is 2.66. The first kappa shape index (κ1) is 11.8. The van der Waals surface area contributed by atoms with Gasteiger partial charge in [-0.25, -0.2) is 9.59 Å². The minimum atomic E-state index is -0.664. The molecule has 0 bridgehead atoms. The van der Waals surface area contributed by atoms with Gasteiger partial charge in [0.05, 0.1) is 5.69 Å². The molecule has 6 N–H and O–H groups in total. The molecule has 0 saturated heterocycles. The lowest BCUT2D eigenvalue weighted by atomic mass is 10.3. The number of hydrogen-bond donors (Lipinski definition) is 5. The van der Waals surface area contributed by atoms with Crippen molar-refractivity contribution < 1.29 is 0 Å². The minimum Gasteiger partial charge on any atom is -0.380 e. The number of rotatable bonds is 3. The zero-order valence-electron chi connectivity index (χ0n) is 10.2. The summed E-state index contributed by atoms with van der Waals surface area (Å²) < 4.78 is 0.978. The highest BCUT2D eigenvalue weighted by Crippen LogP contribution is 2.20. The molecule has 0 aliphatic carbocycles. The average molecular weight is 273 g/mol. The van der Waals surface area contributed by atoms with Crippen molar-refractivity contribution in [3.63, 3.8) is 0 Å². The predicted octanol–water partition coefficient (Wildman–Crippen LogP) is -0.268. The molecule has 0 saturated carbocycles. The van der Waals surface area contributed by atoms with Gasteiger partial charge in [0.2, 0.25) is 0 Å². The summed E-state index contributed by atoms with van der Waals surface area (Å²) in [7, 11) is 0. The molecule has 0 aliphatic rings. The van der Waals surface area contributed by atoms with Gasteiger partial charge < -0.3 is 11.2 Å². The third-order valence-electron chi connectivity index (χ3n) is 2.66. The number of H-pyrrole nitrogens is 2. The second-order valence-corrected chi connectivity index (χ2v) is 4.02. The summed E-state index contributed by atoms with van der Waals surface area (Å²) in [6, 6.07) is 9.27. The van der Waals surface area contributed by atoms with Crippen molar-refractivity contribution in [1.29, 1.82) is 0 Å². The maximum absolute atomic E-state index is 11.6. The van der Waals surface area contributed by atoms with Crippen LogP contribution in [0.3, 0.4) is 0 Å². The zero-order valence-corrected chi connectivity index (χ0v) is 10.2. The largest absolute Gasteiger partial charge is 0.380 e. The Hall–Kier alpha value is -3.23. The highest BCUT2D eigenvalue weighted by Gasteiger charge is 2.13. The van der Waals surface area contributed by atoms with E-state index in [1.807, 2.05) is 30.3 Å². The van der Waals surface area contributed by atoms with Crippen molar-refractivity contribution in [2.24, 2.45) is 0 Å². The van der Waals surface area contributed by atoms with Crippen molar-refractivity contribution in [3.8, 4) is 0 Å². The van der Waals surface area contributed by atoms with E-state index in [9.17, 15) is 9.59 Å². The highest BCUT2D eigenvalue weighted by molar-refractivity contribution is 5.79. The Morgan fingerprint density at radius 3 is 2.60 bits per heavy atom. The van der Waals surface area contributed by atoms with Gasteiger partial charge in [-0.1, -0.05) is 18.2 Å². The molecular formula is C11H11N7O2. The monoisotopic (exact) mass is 273 g/mol. The maximum atomic E-state index is 11.6. The summed E-state index contributed by atoms with van der Waals surface area (Å²) in [6.07, 6.45) is 0. The molecule has 3 rings (SSSR count). The van der Waals surface area contributed by atoms with E-state index >= 15 is 0 Å². The Morgan fingerprint density at radius 2 is 1.85 bits per heavy atom. The summed E-state index contributed by atoms with van der Waals surface area (Å²) in [4.78, 5) is 27.4.